The SMILES string of the molecule is O=C(c1cc(Nc2ccc(F)cc2)ccn1)N1CCCC1. The molecule has 1 aromatic carbocycles. The zero-order valence-corrected chi connectivity index (χ0v) is 11.6. The van der Waals surface area contributed by atoms with Crippen LogP contribution in [0.2, 0.25) is 0 Å². The van der Waals surface area contributed by atoms with Crippen molar-refractivity contribution in [3.8, 4) is 0 Å². The molecule has 0 spiro atoms. The number of amides is 1. The summed E-state index contributed by atoms with van der Waals surface area (Å²) in [6.45, 7) is 1.60. The Kier molecular flexibility index (Phi) is 3.81. The largest absolute Gasteiger partial charge is 0.355 e. The molecule has 0 saturated carbocycles. The number of nitrogens with one attached hydrogen (secondary N) is 1. The second-order valence-electron chi connectivity index (χ2n) is 5.06. The van der Waals surface area contributed by atoms with Crippen molar-refractivity contribution in [2.24, 2.45) is 0 Å². The number of likely N-dealkylation sites (tertiary alicyclic amines) is 1. The number of hydrogen-bond donors (Lipinski definition) is 1. The summed E-state index contributed by atoms with van der Waals surface area (Å²) in [5.41, 5.74) is 1.96. The Morgan fingerprint density at radius 1 is 1.10 bits per heavy atom. The molecule has 1 N–H and O–H groups in total. The summed E-state index contributed by atoms with van der Waals surface area (Å²) in [7, 11) is 0. The Balaban J connectivity index is 1.76. The van der Waals surface area contributed by atoms with Crippen molar-refractivity contribution < 1.29 is 9.18 Å². The molecule has 1 aromatic heterocycles. The fourth-order valence-electron chi connectivity index (χ4n) is 2.41. The molecule has 1 aliphatic rings. The van der Waals surface area contributed by atoms with E-state index < -0.39 is 0 Å². The number of halogens is 1. The number of nitrogens with zero attached hydrogens (tertiary/aromatic N) is 2. The molecule has 0 atom stereocenters. The van der Waals surface area contributed by atoms with Crippen LogP contribution in [0.25, 0.3) is 0 Å². The monoisotopic (exact) mass is 285 g/mol. The highest BCUT2D eigenvalue weighted by Crippen LogP contribution is 2.18. The maximum atomic E-state index is 12.9. The van der Waals surface area contributed by atoms with Crippen LogP contribution in [0.1, 0.15) is 23.3 Å². The predicted molar refractivity (Wildman–Crippen MR) is 79.1 cm³/mol. The summed E-state index contributed by atoms with van der Waals surface area (Å²) in [5.74, 6) is -0.310. The lowest BCUT2D eigenvalue weighted by Gasteiger charge is -2.15. The fourth-order valence-corrected chi connectivity index (χ4v) is 2.41. The third kappa shape index (κ3) is 3.18. The molecule has 1 amide bonds. The first-order valence-corrected chi connectivity index (χ1v) is 7.00. The van der Waals surface area contributed by atoms with Gasteiger partial charge in [0.15, 0.2) is 0 Å². The molecule has 4 nitrogen and oxygen atoms in total. The van der Waals surface area contributed by atoms with E-state index in [-0.39, 0.29) is 11.7 Å². The van der Waals surface area contributed by atoms with Gasteiger partial charge in [-0.25, -0.2) is 4.39 Å². The topological polar surface area (TPSA) is 45.2 Å². The van der Waals surface area contributed by atoms with Crippen molar-refractivity contribution >= 4 is 17.3 Å². The summed E-state index contributed by atoms with van der Waals surface area (Å²) >= 11 is 0. The molecule has 0 radical (unpaired) electrons. The van der Waals surface area contributed by atoms with Gasteiger partial charge in [-0.3, -0.25) is 9.78 Å². The maximum absolute atomic E-state index is 12.9. The molecule has 2 aromatic rings. The standard InChI is InChI=1S/C16H16FN3O/c17-12-3-5-13(6-4-12)19-14-7-8-18-15(11-14)16(21)20-9-1-2-10-20/h3-8,11H,1-2,9-10H2,(H,18,19). The molecule has 1 aliphatic heterocycles. The van der Waals surface area contributed by atoms with Gasteiger partial charge in [0.05, 0.1) is 0 Å². The van der Waals surface area contributed by atoms with Gasteiger partial charge in [-0.1, -0.05) is 0 Å². The van der Waals surface area contributed by atoms with Gasteiger partial charge in [-0.15, -0.1) is 0 Å². The van der Waals surface area contributed by atoms with Crippen molar-refractivity contribution in [1.82, 2.24) is 9.88 Å². The highest BCUT2D eigenvalue weighted by atomic mass is 19.1. The molecular formula is C16H16FN3O. The first-order chi connectivity index (χ1) is 10.2. The number of anilines is 2. The van der Waals surface area contributed by atoms with Crippen LogP contribution < -0.4 is 5.32 Å². The average molecular weight is 285 g/mol. The van der Waals surface area contributed by atoms with Gasteiger partial charge >= 0.3 is 0 Å². The molecule has 2 heterocycles. The second kappa shape index (κ2) is 5.91. The number of carbonyl (C=O) groups excluding carboxylic acids is 1. The summed E-state index contributed by atoms with van der Waals surface area (Å²) in [6, 6.07) is 9.59. The minimum atomic E-state index is -0.278. The van der Waals surface area contributed by atoms with Crippen LogP contribution in [0.15, 0.2) is 42.6 Å². The second-order valence-corrected chi connectivity index (χ2v) is 5.06. The number of aromatic nitrogens is 1. The Hall–Kier alpha value is -2.43. The Morgan fingerprint density at radius 3 is 2.52 bits per heavy atom. The molecule has 108 valence electrons. The number of hydrogen-bond acceptors (Lipinski definition) is 3. The van der Waals surface area contributed by atoms with E-state index in [0.717, 1.165) is 37.3 Å². The van der Waals surface area contributed by atoms with Gasteiger partial charge in [0, 0.05) is 30.7 Å². The van der Waals surface area contributed by atoms with Gasteiger partial charge in [0.2, 0.25) is 0 Å². The molecule has 21 heavy (non-hydrogen) atoms. The van der Waals surface area contributed by atoms with Crippen molar-refractivity contribution in [2.75, 3.05) is 18.4 Å². The lowest BCUT2D eigenvalue weighted by molar-refractivity contribution is 0.0787. The van der Waals surface area contributed by atoms with Gasteiger partial charge in [0.25, 0.3) is 5.91 Å². The van der Waals surface area contributed by atoms with Crippen molar-refractivity contribution in [3.63, 3.8) is 0 Å². The lowest BCUT2D eigenvalue weighted by Crippen LogP contribution is -2.28. The minimum absolute atomic E-state index is 0.0322. The zero-order valence-electron chi connectivity index (χ0n) is 11.6. The normalized spacial score (nSPS) is 14.2. The quantitative estimate of drug-likeness (QED) is 0.942. The molecule has 0 unspecified atom stereocenters. The maximum Gasteiger partial charge on any atom is 0.272 e. The van der Waals surface area contributed by atoms with E-state index in [9.17, 15) is 9.18 Å². The van der Waals surface area contributed by atoms with Gasteiger partial charge in [0.1, 0.15) is 11.5 Å². The molecule has 1 fully saturated rings. The molecule has 0 bridgehead atoms. The van der Waals surface area contributed by atoms with E-state index in [4.69, 9.17) is 0 Å². The summed E-state index contributed by atoms with van der Waals surface area (Å²) in [6.07, 6.45) is 3.72. The number of rotatable bonds is 3. The Labute approximate surface area is 122 Å². The fraction of sp³-hybridized carbons (Fsp3) is 0.250. The highest BCUT2D eigenvalue weighted by molar-refractivity contribution is 5.93. The van der Waals surface area contributed by atoms with Crippen LogP contribution in [0, 0.1) is 5.82 Å². The van der Waals surface area contributed by atoms with Gasteiger partial charge in [-0.05, 0) is 49.2 Å². The number of benzene rings is 1. The summed E-state index contributed by atoms with van der Waals surface area (Å²) < 4.78 is 12.9. The van der Waals surface area contributed by atoms with Crippen molar-refractivity contribution in [3.05, 3.63) is 54.1 Å². The van der Waals surface area contributed by atoms with E-state index in [1.54, 1.807) is 30.5 Å². The van der Waals surface area contributed by atoms with Crippen LogP contribution in [0.5, 0.6) is 0 Å². The third-order valence-corrected chi connectivity index (χ3v) is 3.51. The van der Waals surface area contributed by atoms with Crippen molar-refractivity contribution in [2.45, 2.75) is 12.8 Å². The van der Waals surface area contributed by atoms with E-state index in [2.05, 4.69) is 10.3 Å². The zero-order chi connectivity index (χ0) is 14.7. The molecule has 5 heteroatoms. The lowest BCUT2D eigenvalue weighted by atomic mass is 10.2. The minimum Gasteiger partial charge on any atom is -0.355 e. The predicted octanol–water partition coefficient (Wildman–Crippen LogP) is 3.20. The van der Waals surface area contributed by atoms with Gasteiger partial charge in [-0.2, -0.15) is 0 Å². The molecular weight excluding hydrogens is 269 g/mol. The first kappa shape index (κ1) is 13.5. The van der Waals surface area contributed by atoms with E-state index in [1.165, 1.54) is 12.1 Å². The van der Waals surface area contributed by atoms with E-state index >= 15 is 0 Å². The Bertz CT molecular complexity index is 636. The van der Waals surface area contributed by atoms with Crippen LogP contribution >= 0.6 is 0 Å². The molecule has 1 saturated heterocycles. The van der Waals surface area contributed by atoms with E-state index in [0.29, 0.717) is 5.69 Å². The smallest absolute Gasteiger partial charge is 0.272 e. The first-order valence-electron chi connectivity index (χ1n) is 7.00. The molecule has 0 aliphatic carbocycles. The third-order valence-electron chi connectivity index (χ3n) is 3.51. The van der Waals surface area contributed by atoms with Crippen LogP contribution in [-0.2, 0) is 0 Å². The van der Waals surface area contributed by atoms with Crippen LogP contribution in [0.4, 0.5) is 15.8 Å². The molecule has 3 rings (SSSR count). The summed E-state index contributed by atoms with van der Waals surface area (Å²) in [5, 5.41) is 3.14. The van der Waals surface area contributed by atoms with Crippen molar-refractivity contribution in [1.29, 1.82) is 0 Å². The Morgan fingerprint density at radius 2 is 1.81 bits per heavy atom. The number of pyridine rings is 1. The van der Waals surface area contributed by atoms with Gasteiger partial charge < -0.3 is 10.2 Å². The average Bonchev–Trinajstić information content (AvgIpc) is 3.03. The summed E-state index contributed by atoms with van der Waals surface area (Å²) in [4.78, 5) is 18.3. The highest BCUT2D eigenvalue weighted by Gasteiger charge is 2.20. The van der Waals surface area contributed by atoms with Crippen LogP contribution in [0.3, 0.4) is 0 Å². The van der Waals surface area contributed by atoms with Crippen LogP contribution in [-0.4, -0.2) is 28.9 Å². The number of carbonyl (C=O) groups is 1. The van der Waals surface area contributed by atoms with E-state index in [1.807, 2.05) is 4.90 Å².